The van der Waals surface area contributed by atoms with Crippen LogP contribution in [0.1, 0.15) is 44.6 Å². The Bertz CT molecular complexity index is 1610. The fourth-order valence-corrected chi connectivity index (χ4v) is 7.42. The van der Waals surface area contributed by atoms with Crippen LogP contribution in [-0.4, -0.2) is 48.9 Å². The predicted molar refractivity (Wildman–Crippen MR) is 181 cm³/mol. The van der Waals surface area contributed by atoms with Crippen molar-refractivity contribution in [1.29, 1.82) is 0 Å². The van der Waals surface area contributed by atoms with Crippen LogP contribution in [0.2, 0.25) is 6.32 Å². The number of carbonyl (C=O) groups excluding carboxylic acids is 2. The number of allylic oxidation sites excluding steroid dienone is 1. The van der Waals surface area contributed by atoms with Crippen LogP contribution in [0, 0.1) is 17.8 Å². The number of fused-ring (bicyclic) bond motifs is 3. The molecular formula is C37H41BN2O6. The number of amides is 2. The maximum atomic E-state index is 14.1. The van der Waals surface area contributed by atoms with E-state index < -0.39 is 19.0 Å². The molecule has 0 saturated carbocycles. The van der Waals surface area contributed by atoms with Crippen molar-refractivity contribution in [3.63, 3.8) is 0 Å². The summed E-state index contributed by atoms with van der Waals surface area (Å²) >= 11 is 0. The number of hydrogen-bond donors (Lipinski definition) is 3. The van der Waals surface area contributed by atoms with Gasteiger partial charge in [-0.15, -0.1) is 0 Å². The first-order valence-corrected chi connectivity index (χ1v) is 16.2. The van der Waals surface area contributed by atoms with Gasteiger partial charge in [0, 0.05) is 18.5 Å². The number of carbonyl (C=O) groups is 2. The molecule has 2 amide bonds. The minimum absolute atomic E-state index is 0.203. The standard InChI is InChI=1S/C37H41BN2O6/c1-3-7-24(20-25-10-17-30(41)18-11-25)12-19-33-34-26(23-45-2)21-31-35(32(34)22-38(44)46-33)37(43)40(36(31)42)29-15-13-28(14-16-29)39-27-8-5-4-6-9-27/h4-6,8-11,13-18,20,31-33,35,39,41,44H,3,7,12,19,21-23H2,1-2H3/b24-20+/t31-,32+,33-,35-/m1/s1. The van der Waals surface area contributed by atoms with Gasteiger partial charge in [-0.2, -0.15) is 0 Å². The Hall–Kier alpha value is -4.18. The molecule has 8 nitrogen and oxygen atoms in total. The van der Waals surface area contributed by atoms with Gasteiger partial charge in [-0.3, -0.25) is 14.5 Å². The van der Waals surface area contributed by atoms with Crippen molar-refractivity contribution in [3.05, 3.63) is 101 Å². The highest BCUT2D eigenvalue weighted by Crippen LogP contribution is 2.51. The molecule has 0 unspecified atom stereocenters. The maximum absolute atomic E-state index is 14.1. The molecule has 1 aliphatic carbocycles. The smallest absolute Gasteiger partial charge is 0.455 e. The number of phenols is 1. The van der Waals surface area contributed by atoms with E-state index in [1.54, 1.807) is 31.4 Å². The van der Waals surface area contributed by atoms with E-state index in [4.69, 9.17) is 9.39 Å². The lowest BCUT2D eigenvalue weighted by atomic mass is 9.58. The molecule has 6 rings (SSSR count). The van der Waals surface area contributed by atoms with Gasteiger partial charge in [0.15, 0.2) is 0 Å². The number of ether oxygens (including phenoxy) is 1. The normalized spacial score (nSPS) is 23.1. The van der Waals surface area contributed by atoms with Gasteiger partial charge >= 0.3 is 7.12 Å². The number of imide groups is 1. The lowest BCUT2D eigenvalue weighted by Crippen LogP contribution is -2.46. The minimum Gasteiger partial charge on any atom is -0.508 e. The van der Waals surface area contributed by atoms with Gasteiger partial charge in [0.2, 0.25) is 11.8 Å². The average Bonchev–Trinajstić information content (AvgIpc) is 3.30. The molecule has 2 heterocycles. The molecular weight excluding hydrogens is 579 g/mol. The Morgan fingerprint density at radius 2 is 1.70 bits per heavy atom. The van der Waals surface area contributed by atoms with Crippen molar-refractivity contribution in [2.24, 2.45) is 17.8 Å². The zero-order valence-electron chi connectivity index (χ0n) is 26.4. The summed E-state index contributed by atoms with van der Waals surface area (Å²) in [6.07, 6.45) is 5.74. The number of nitrogens with one attached hydrogen (secondary N) is 1. The lowest BCUT2D eigenvalue weighted by Gasteiger charge is -2.43. The fraction of sp³-hybridized carbons (Fsp3) is 0.351. The largest absolute Gasteiger partial charge is 0.508 e. The summed E-state index contributed by atoms with van der Waals surface area (Å²) in [5.74, 6) is -1.57. The van der Waals surface area contributed by atoms with Crippen molar-refractivity contribution in [1.82, 2.24) is 0 Å². The summed E-state index contributed by atoms with van der Waals surface area (Å²) < 4.78 is 11.8. The molecule has 3 aromatic rings. The quantitative estimate of drug-likeness (QED) is 0.124. The third-order valence-electron chi connectivity index (χ3n) is 9.38. The molecule has 238 valence electrons. The van der Waals surface area contributed by atoms with Gasteiger partial charge in [-0.05, 0) is 103 Å². The van der Waals surface area contributed by atoms with Gasteiger partial charge in [0.25, 0.3) is 0 Å². The second-order valence-corrected chi connectivity index (χ2v) is 12.5. The van der Waals surface area contributed by atoms with Crippen LogP contribution in [0.25, 0.3) is 6.08 Å². The Kier molecular flexibility index (Phi) is 9.73. The van der Waals surface area contributed by atoms with E-state index in [0.717, 1.165) is 47.3 Å². The molecule has 9 heteroatoms. The van der Waals surface area contributed by atoms with Gasteiger partial charge in [0.1, 0.15) is 5.75 Å². The summed E-state index contributed by atoms with van der Waals surface area (Å²) in [4.78, 5) is 29.4. The highest BCUT2D eigenvalue weighted by atomic mass is 16.5. The zero-order chi connectivity index (χ0) is 32.2. The molecule has 3 N–H and O–H groups in total. The second-order valence-electron chi connectivity index (χ2n) is 12.5. The van der Waals surface area contributed by atoms with Gasteiger partial charge in [0.05, 0.1) is 30.2 Å². The second kappa shape index (κ2) is 14.1. The molecule has 3 aromatic carbocycles. The monoisotopic (exact) mass is 620 g/mol. The number of phenolic OH excluding ortho intramolecular Hbond substituents is 1. The summed E-state index contributed by atoms with van der Waals surface area (Å²) in [7, 11) is 0.609. The number of rotatable bonds is 11. The molecule has 2 aliphatic heterocycles. The summed E-state index contributed by atoms with van der Waals surface area (Å²) in [5, 5.41) is 24.0. The summed E-state index contributed by atoms with van der Waals surface area (Å²) in [6, 6.07) is 24.3. The van der Waals surface area contributed by atoms with Crippen LogP contribution in [-0.2, 0) is 19.0 Å². The van der Waals surface area contributed by atoms with E-state index in [-0.39, 0.29) is 35.9 Å². The number of nitrogens with zero attached hydrogens (tertiary/aromatic N) is 1. The Morgan fingerprint density at radius 1 is 0.978 bits per heavy atom. The first-order valence-electron chi connectivity index (χ1n) is 16.2. The Balaban J connectivity index is 1.24. The maximum Gasteiger partial charge on any atom is 0.455 e. The van der Waals surface area contributed by atoms with Crippen LogP contribution in [0.15, 0.2) is 95.6 Å². The molecule has 0 spiro atoms. The van der Waals surface area contributed by atoms with Crippen LogP contribution in [0.3, 0.4) is 0 Å². The molecule has 0 radical (unpaired) electrons. The van der Waals surface area contributed by atoms with E-state index in [2.05, 4.69) is 18.3 Å². The van der Waals surface area contributed by atoms with E-state index >= 15 is 0 Å². The fourth-order valence-electron chi connectivity index (χ4n) is 7.42. The molecule has 3 aliphatic rings. The number of methoxy groups -OCH3 is 1. The Morgan fingerprint density at radius 3 is 2.39 bits per heavy atom. The molecule has 2 fully saturated rings. The van der Waals surface area contributed by atoms with Gasteiger partial charge in [-0.25, -0.2) is 0 Å². The summed E-state index contributed by atoms with van der Waals surface area (Å²) in [6.45, 7) is 2.49. The van der Waals surface area contributed by atoms with Gasteiger partial charge in [-0.1, -0.05) is 55.3 Å². The van der Waals surface area contributed by atoms with Crippen molar-refractivity contribution >= 4 is 42.1 Å². The SMILES string of the molecule is CCC/C(=C\c1ccc(O)cc1)CC[C@H]1OB(O)C[C@H]2C1=C(COC)C[C@H]1C(=O)N(c3ccc(Nc4ccccc4)cc3)C(=O)[C@H]12. The van der Waals surface area contributed by atoms with Crippen molar-refractivity contribution in [2.75, 3.05) is 23.9 Å². The lowest BCUT2D eigenvalue weighted by molar-refractivity contribution is -0.122. The Labute approximate surface area is 270 Å². The van der Waals surface area contributed by atoms with Crippen molar-refractivity contribution in [3.8, 4) is 5.75 Å². The number of hydrogen-bond acceptors (Lipinski definition) is 7. The highest BCUT2D eigenvalue weighted by molar-refractivity contribution is 6.43. The first kappa shape index (κ1) is 31.8. The van der Waals surface area contributed by atoms with E-state index in [1.165, 1.54) is 10.5 Å². The van der Waals surface area contributed by atoms with Crippen molar-refractivity contribution < 1.29 is 29.1 Å². The molecule has 0 aromatic heterocycles. The minimum atomic E-state index is -1.03. The number of benzene rings is 3. The summed E-state index contributed by atoms with van der Waals surface area (Å²) in [5.41, 5.74) is 6.63. The third-order valence-corrected chi connectivity index (χ3v) is 9.38. The zero-order valence-corrected chi connectivity index (χ0v) is 26.4. The molecule has 46 heavy (non-hydrogen) atoms. The van der Waals surface area contributed by atoms with Crippen LogP contribution >= 0.6 is 0 Å². The van der Waals surface area contributed by atoms with E-state index in [9.17, 15) is 19.7 Å². The molecule has 0 bridgehead atoms. The van der Waals surface area contributed by atoms with E-state index in [1.807, 2.05) is 54.6 Å². The van der Waals surface area contributed by atoms with Crippen LogP contribution in [0.4, 0.5) is 17.1 Å². The average molecular weight is 621 g/mol. The number of aromatic hydroxyl groups is 1. The van der Waals surface area contributed by atoms with Crippen molar-refractivity contribution in [2.45, 2.75) is 51.5 Å². The van der Waals surface area contributed by atoms with Crippen LogP contribution < -0.4 is 10.2 Å². The molecule has 2 saturated heterocycles. The highest BCUT2D eigenvalue weighted by Gasteiger charge is 2.57. The van der Waals surface area contributed by atoms with Crippen LogP contribution in [0.5, 0.6) is 5.75 Å². The third kappa shape index (κ3) is 6.68. The van der Waals surface area contributed by atoms with Gasteiger partial charge < -0.3 is 24.8 Å². The van der Waals surface area contributed by atoms with E-state index in [0.29, 0.717) is 25.1 Å². The number of anilines is 3. The number of para-hydroxylation sites is 1. The first-order chi connectivity index (χ1) is 22.4. The molecule has 4 atom stereocenters. The predicted octanol–water partition coefficient (Wildman–Crippen LogP) is 6.75. The topological polar surface area (TPSA) is 108 Å².